The fourth-order valence-corrected chi connectivity index (χ4v) is 1.40. The number of hydrogen-bond acceptors (Lipinski definition) is 4. The van der Waals surface area contributed by atoms with Gasteiger partial charge in [-0.2, -0.15) is 0 Å². The number of methoxy groups -OCH3 is 1. The van der Waals surface area contributed by atoms with E-state index in [1.54, 1.807) is 7.11 Å². The first-order valence-corrected chi connectivity index (χ1v) is 5.31. The van der Waals surface area contributed by atoms with Crippen LogP contribution in [0.1, 0.15) is 18.5 Å². The van der Waals surface area contributed by atoms with Gasteiger partial charge < -0.3 is 19.9 Å². The van der Waals surface area contributed by atoms with Gasteiger partial charge >= 0.3 is 0 Å². The van der Waals surface area contributed by atoms with E-state index in [4.69, 9.17) is 14.6 Å². The normalized spacial score (nSPS) is 12.2. The van der Waals surface area contributed by atoms with E-state index in [2.05, 4.69) is 12.2 Å². The molecule has 0 radical (unpaired) electrons. The van der Waals surface area contributed by atoms with Gasteiger partial charge in [0.05, 0.1) is 13.7 Å². The molecule has 0 bridgehead atoms. The fourth-order valence-electron chi connectivity index (χ4n) is 1.40. The Balaban J connectivity index is 2.88. The summed E-state index contributed by atoms with van der Waals surface area (Å²) in [6.45, 7) is 2.35. The maximum Gasteiger partial charge on any atom is 0.161 e. The van der Waals surface area contributed by atoms with Crippen LogP contribution in [-0.4, -0.2) is 32.5 Å². The minimum absolute atomic E-state index is 0.00216. The van der Waals surface area contributed by atoms with Gasteiger partial charge in [0.15, 0.2) is 11.5 Å². The highest BCUT2D eigenvalue weighted by Gasteiger charge is 2.08. The van der Waals surface area contributed by atoms with Crippen molar-refractivity contribution in [3.63, 3.8) is 0 Å². The van der Waals surface area contributed by atoms with Crippen LogP contribution in [0.4, 0.5) is 0 Å². The number of rotatable bonds is 6. The third-order valence-corrected chi connectivity index (χ3v) is 2.47. The van der Waals surface area contributed by atoms with Crippen molar-refractivity contribution in [2.24, 2.45) is 0 Å². The highest BCUT2D eigenvalue weighted by molar-refractivity contribution is 5.43. The van der Waals surface area contributed by atoms with Gasteiger partial charge in [-0.25, -0.2) is 0 Å². The number of nitrogens with one attached hydrogen (secondary N) is 1. The van der Waals surface area contributed by atoms with Gasteiger partial charge in [0.1, 0.15) is 6.61 Å². The molecule has 0 saturated heterocycles. The first-order valence-electron chi connectivity index (χ1n) is 5.31. The summed E-state index contributed by atoms with van der Waals surface area (Å²) in [7, 11) is 3.52. The highest BCUT2D eigenvalue weighted by atomic mass is 16.5. The molecule has 16 heavy (non-hydrogen) atoms. The van der Waals surface area contributed by atoms with E-state index in [9.17, 15) is 0 Å². The molecule has 0 heterocycles. The van der Waals surface area contributed by atoms with Crippen molar-refractivity contribution >= 4 is 0 Å². The van der Waals surface area contributed by atoms with Crippen LogP contribution >= 0.6 is 0 Å². The third-order valence-electron chi connectivity index (χ3n) is 2.47. The summed E-state index contributed by atoms with van der Waals surface area (Å²) in [5, 5.41) is 11.9. The molecular formula is C12H19NO3. The van der Waals surface area contributed by atoms with Crippen molar-refractivity contribution in [2.75, 3.05) is 27.4 Å². The topological polar surface area (TPSA) is 50.7 Å². The summed E-state index contributed by atoms with van der Waals surface area (Å²) in [6.07, 6.45) is 0. The summed E-state index contributed by atoms with van der Waals surface area (Å²) in [6, 6.07) is 6.04. The van der Waals surface area contributed by atoms with Crippen molar-refractivity contribution in [2.45, 2.75) is 13.0 Å². The lowest BCUT2D eigenvalue weighted by Gasteiger charge is -2.15. The molecule has 0 aliphatic carbocycles. The molecule has 0 saturated carbocycles. The Labute approximate surface area is 96.2 Å². The van der Waals surface area contributed by atoms with Crippen LogP contribution in [-0.2, 0) is 0 Å². The van der Waals surface area contributed by atoms with Gasteiger partial charge in [-0.15, -0.1) is 0 Å². The maximum atomic E-state index is 8.70. The van der Waals surface area contributed by atoms with Crippen LogP contribution in [0, 0.1) is 0 Å². The standard InChI is InChI=1S/C12H19NO3/c1-9(13-2)10-4-5-11(16-7-6-14)12(8-10)15-3/h4-5,8-9,13-14H,6-7H2,1-3H3. The Morgan fingerprint density at radius 1 is 1.38 bits per heavy atom. The van der Waals surface area contributed by atoms with Gasteiger partial charge in [0.2, 0.25) is 0 Å². The molecular weight excluding hydrogens is 206 g/mol. The largest absolute Gasteiger partial charge is 0.493 e. The molecule has 1 atom stereocenters. The number of benzene rings is 1. The summed E-state index contributed by atoms with van der Waals surface area (Å²) in [5.74, 6) is 1.34. The van der Waals surface area contributed by atoms with Gasteiger partial charge in [-0.05, 0) is 31.7 Å². The Morgan fingerprint density at radius 3 is 2.69 bits per heavy atom. The molecule has 4 nitrogen and oxygen atoms in total. The summed E-state index contributed by atoms with van der Waals surface area (Å²) >= 11 is 0. The highest BCUT2D eigenvalue weighted by Crippen LogP contribution is 2.30. The van der Waals surface area contributed by atoms with E-state index in [0.717, 1.165) is 5.56 Å². The Bertz CT molecular complexity index is 328. The van der Waals surface area contributed by atoms with Crippen molar-refractivity contribution in [3.8, 4) is 11.5 Å². The first-order chi connectivity index (χ1) is 7.72. The summed E-state index contributed by atoms with van der Waals surface area (Å²) in [4.78, 5) is 0. The van der Waals surface area contributed by atoms with E-state index >= 15 is 0 Å². The summed E-state index contributed by atoms with van der Waals surface area (Å²) in [5.41, 5.74) is 1.13. The molecule has 1 aromatic carbocycles. The van der Waals surface area contributed by atoms with Gasteiger partial charge in [0, 0.05) is 6.04 Å². The monoisotopic (exact) mass is 225 g/mol. The smallest absolute Gasteiger partial charge is 0.161 e. The average molecular weight is 225 g/mol. The molecule has 1 rings (SSSR count). The molecule has 0 amide bonds. The number of hydrogen-bond donors (Lipinski definition) is 2. The van der Waals surface area contributed by atoms with E-state index in [0.29, 0.717) is 11.5 Å². The van der Waals surface area contributed by atoms with Crippen molar-refractivity contribution in [1.29, 1.82) is 0 Å². The molecule has 90 valence electrons. The lowest BCUT2D eigenvalue weighted by molar-refractivity contribution is 0.196. The first kappa shape index (κ1) is 12.8. The molecule has 0 aliphatic rings. The second-order valence-electron chi connectivity index (χ2n) is 3.49. The van der Waals surface area contributed by atoms with Gasteiger partial charge in [-0.3, -0.25) is 0 Å². The van der Waals surface area contributed by atoms with Gasteiger partial charge in [-0.1, -0.05) is 6.07 Å². The minimum atomic E-state index is -0.00216. The van der Waals surface area contributed by atoms with Crippen LogP contribution in [0.5, 0.6) is 11.5 Å². The zero-order chi connectivity index (χ0) is 12.0. The number of aliphatic hydroxyl groups is 1. The van der Waals surface area contributed by atoms with Crippen LogP contribution in [0.25, 0.3) is 0 Å². The second-order valence-corrected chi connectivity index (χ2v) is 3.49. The third kappa shape index (κ3) is 3.12. The second kappa shape index (κ2) is 6.35. The molecule has 1 aromatic rings. The Morgan fingerprint density at radius 2 is 2.12 bits per heavy atom. The zero-order valence-electron chi connectivity index (χ0n) is 9.99. The SMILES string of the molecule is CNC(C)c1ccc(OCCO)c(OC)c1. The van der Waals surface area contributed by atoms with E-state index in [1.807, 2.05) is 25.2 Å². The maximum absolute atomic E-state index is 8.70. The van der Waals surface area contributed by atoms with Crippen LogP contribution in [0.3, 0.4) is 0 Å². The quantitative estimate of drug-likeness (QED) is 0.767. The van der Waals surface area contributed by atoms with Crippen LogP contribution in [0.2, 0.25) is 0 Å². The van der Waals surface area contributed by atoms with Crippen molar-refractivity contribution in [1.82, 2.24) is 5.32 Å². The molecule has 0 spiro atoms. The number of ether oxygens (including phenoxy) is 2. The Hall–Kier alpha value is -1.26. The Kier molecular flexibility index (Phi) is 5.08. The van der Waals surface area contributed by atoms with E-state index in [1.165, 1.54) is 0 Å². The molecule has 1 unspecified atom stereocenters. The lowest BCUT2D eigenvalue weighted by atomic mass is 10.1. The molecule has 0 fully saturated rings. The summed E-state index contributed by atoms with van der Waals surface area (Å²) < 4.78 is 10.6. The molecule has 0 aromatic heterocycles. The van der Waals surface area contributed by atoms with E-state index < -0.39 is 0 Å². The fraction of sp³-hybridized carbons (Fsp3) is 0.500. The van der Waals surface area contributed by atoms with Crippen LogP contribution in [0.15, 0.2) is 18.2 Å². The minimum Gasteiger partial charge on any atom is -0.493 e. The average Bonchev–Trinajstić information content (AvgIpc) is 2.35. The van der Waals surface area contributed by atoms with Crippen molar-refractivity contribution < 1.29 is 14.6 Å². The number of aliphatic hydroxyl groups excluding tert-OH is 1. The zero-order valence-corrected chi connectivity index (χ0v) is 9.99. The van der Waals surface area contributed by atoms with Gasteiger partial charge in [0.25, 0.3) is 0 Å². The molecule has 0 aliphatic heterocycles. The predicted octanol–water partition coefficient (Wildman–Crippen LogP) is 1.35. The van der Waals surface area contributed by atoms with Crippen LogP contribution < -0.4 is 14.8 Å². The van der Waals surface area contributed by atoms with Crippen molar-refractivity contribution in [3.05, 3.63) is 23.8 Å². The molecule has 2 N–H and O–H groups in total. The van der Waals surface area contributed by atoms with E-state index in [-0.39, 0.29) is 19.3 Å². The predicted molar refractivity (Wildman–Crippen MR) is 63.0 cm³/mol. The lowest BCUT2D eigenvalue weighted by Crippen LogP contribution is -2.12. The molecule has 4 heteroatoms.